The van der Waals surface area contributed by atoms with Crippen molar-refractivity contribution in [2.75, 3.05) is 12.4 Å². The van der Waals surface area contributed by atoms with Crippen molar-refractivity contribution in [3.63, 3.8) is 0 Å². The van der Waals surface area contributed by atoms with Crippen LogP contribution in [0.25, 0.3) is 0 Å². The SMILES string of the molecule is CNc1cc(CSC(C)C)ccn1. The van der Waals surface area contributed by atoms with Gasteiger partial charge in [0, 0.05) is 19.0 Å². The highest BCUT2D eigenvalue weighted by molar-refractivity contribution is 7.99. The minimum Gasteiger partial charge on any atom is -0.373 e. The lowest BCUT2D eigenvalue weighted by molar-refractivity contribution is 1.11. The third-order valence-electron chi connectivity index (χ3n) is 1.66. The molecule has 0 unspecified atom stereocenters. The van der Waals surface area contributed by atoms with Crippen LogP contribution >= 0.6 is 11.8 Å². The summed E-state index contributed by atoms with van der Waals surface area (Å²) < 4.78 is 0. The van der Waals surface area contributed by atoms with Crippen LogP contribution in [0.1, 0.15) is 19.4 Å². The van der Waals surface area contributed by atoms with E-state index in [1.807, 2.05) is 25.0 Å². The van der Waals surface area contributed by atoms with Gasteiger partial charge in [-0.2, -0.15) is 11.8 Å². The number of hydrogen-bond donors (Lipinski definition) is 1. The average molecular weight is 196 g/mol. The van der Waals surface area contributed by atoms with Crippen LogP contribution in [0.3, 0.4) is 0 Å². The monoisotopic (exact) mass is 196 g/mol. The van der Waals surface area contributed by atoms with Gasteiger partial charge in [0.2, 0.25) is 0 Å². The van der Waals surface area contributed by atoms with Crippen molar-refractivity contribution < 1.29 is 0 Å². The van der Waals surface area contributed by atoms with Gasteiger partial charge in [0.05, 0.1) is 0 Å². The molecular formula is C10H16N2S. The lowest BCUT2D eigenvalue weighted by atomic mass is 10.3. The minimum atomic E-state index is 0.686. The van der Waals surface area contributed by atoms with E-state index in [0.717, 1.165) is 11.6 Å². The van der Waals surface area contributed by atoms with Crippen LogP contribution in [0.4, 0.5) is 5.82 Å². The maximum atomic E-state index is 4.16. The molecule has 0 aromatic carbocycles. The van der Waals surface area contributed by atoms with Crippen molar-refractivity contribution in [1.29, 1.82) is 0 Å². The molecule has 0 aliphatic heterocycles. The van der Waals surface area contributed by atoms with Crippen LogP contribution in [-0.2, 0) is 5.75 Å². The topological polar surface area (TPSA) is 24.9 Å². The molecule has 72 valence electrons. The number of aromatic nitrogens is 1. The molecular weight excluding hydrogens is 180 g/mol. The Bertz CT molecular complexity index is 261. The maximum Gasteiger partial charge on any atom is 0.125 e. The molecule has 1 aromatic rings. The summed E-state index contributed by atoms with van der Waals surface area (Å²) in [4.78, 5) is 4.16. The van der Waals surface area contributed by atoms with Crippen LogP contribution in [-0.4, -0.2) is 17.3 Å². The van der Waals surface area contributed by atoms with E-state index in [4.69, 9.17) is 0 Å². The standard InChI is InChI=1S/C10H16N2S/c1-8(2)13-7-9-4-5-12-10(6-9)11-3/h4-6,8H,7H2,1-3H3,(H,11,12). The predicted molar refractivity (Wildman–Crippen MR) is 60.2 cm³/mol. The first kappa shape index (κ1) is 10.4. The number of rotatable bonds is 4. The molecule has 1 heterocycles. The fourth-order valence-corrected chi connectivity index (χ4v) is 1.67. The summed E-state index contributed by atoms with van der Waals surface area (Å²) in [6, 6.07) is 4.16. The largest absolute Gasteiger partial charge is 0.373 e. The molecule has 0 atom stereocenters. The van der Waals surface area contributed by atoms with Crippen LogP contribution in [0, 0.1) is 0 Å². The number of hydrogen-bond acceptors (Lipinski definition) is 3. The zero-order valence-electron chi connectivity index (χ0n) is 8.37. The Kier molecular flexibility index (Phi) is 4.09. The second-order valence-corrected chi connectivity index (χ2v) is 4.72. The number of nitrogens with zero attached hydrogens (tertiary/aromatic N) is 1. The Morgan fingerprint density at radius 3 is 2.92 bits per heavy atom. The van der Waals surface area contributed by atoms with Gasteiger partial charge in [-0.05, 0) is 22.9 Å². The lowest BCUT2D eigenvalue weighted by Gasteiger charge is -2.05. The summed E-state index contributed by atoms with van der Waals surface area (Å²) in [5.41, 5.74) is 1.33. The van der Waals surface area contributed by atoms with Gasteiger partial charge in [-0.3, -0.25) is 0 Å². The predicted octanol–water partition coefficient (Wildman–Crippen LogP) is 2.76. The third kappa shape index (κ3) is 3.68. The first-order valence-electron chi connectivity index (χ1n) is 4.46. The Morgan fingerprint density at radius 1 is 1.54 bits per heavy atom. The van der Waals surface area contributed by atoms with E-state index < -0.39 is 0 Å². The summed E-state index contributed by atoms with van der Waals surface area (Å²) in [5.74, 6) is 2.01. The summed E-state index contributed by atoms with van der Waals surface area (Å²) in [6.45, 7) is 4.43. The molecule has 0 fully saturated rings. The first-order valence-corrected chi connectivity index (χ1v) is 5.51. The summed E-state index contributed by atoms with van der Waals surface area (Å²) in [5, 5.41) is 3.72. The van der Waals surface area contributed by atoms with E-state index in [-0.39, 0.29) is 0 Å². The summed E-state index contributed by atoms with van der Waals surface area (Å²) >= 11 is 1.95. The molecule has 0 bridgehead atoms. The van der Waals surface area contributed by atoms with Gasteiger partial charge < -0.3 is 5.32 Å². The van der Waals surface area contributed by atoms with Gasteiger partial charge in [-0.25, -0.2) is 4.98 Å². The molecule has 1 N–H and O–H groups in total. The van der Waals surface area contributed by atoms with E-state index in [0.29, 0.717) is 5.25 Å². The average Bonchev–Trinajstić information content (AvgIpc) is 2.15. The number of thioether (sulfide) groups is 1. The van der Waals surface area contributed by atoms with Crippen LogP contribution < -0.4 is 5.32 Å². The lowest BCUT2D eigenvalue weighted by Crippen LogP contribution is -1.94. The Labute approximate surface area is 84.1 Å². The molecule has 1 aromatic heterocycles. The minimum absolute atomic E-state index is 0.686. The Balaban J connectivity index is 2.56. The van der Waals surface area contributed by atoms with Crippen LogP contribution in [0.15, 0.2) is 18.3 Å². The van der Waals surface area contributed by atoms with E-state index in [1.54, 1.807) is 0 Å². The van der Waals surface area contributed by atoms with Crippen molar-refractivity contribution in [2.24, 2.45) is 0 Å². The van der Waals surface area contributed by atoms with Crippen LogP contribution in [0.2, 0.25) is 0 Å². The van der Waals surface area contributed by atoms with E-state index in [2.05, 4.69) is 36.3 Å². The fraction of sp³-hybridized carbons (Fsp3) is 0.500. The van der Waals surface area contributed by atoms with Gasteiger partial charge in [-0.15, -0.1) is 0 Å². The highest BCUT2D eigenvalue weighted by Gasteiger charge is 1.98. The van der Waals surface area contributed by atoms with Gasteiger partial charge in [-0.1, -0.05) is 13.8 Å². The maximum absolute atomic E-state index is 4.16. The molecule has 13 heavy (non-hydrogen) atoms. The third-order valence-corrected chi connectivity index (χ3v) is 2.83. The van der Waals surface area contributed by atoms with Gasteiger partial charge >= 0.3 is 0 Å². The number of nitrogens with one attached hydrogen (secondary N) is 1. The van der Waals surface area contributed by atoms with Crippen molar-refractivity contribution in [2.45, 2.75) is 24.9 Å². The highest BCUT2D eigenvalue weighted by Crippen LogP contribution is 2.17. The molecule has 0 amide bonds. The summed E-state index contributed by atoms with van der Waals surface area (Å²) in [7, 11) is 1.89. The molecule has 0 saturated carbocycles. The zero-order valence-corrected chi connectivity index (χ0v) is 9.19. The Morgan fingerprint density at radius 2 is 2.31 bits per heavy atom. The first-order chi connectivity index (χ1) is 6.22. The van der Waals surface area contributed by atoms with E-state index in [1.165, 1.54) is 5.56 Å². The molecule has 0 aliphatic carbocycles. The second-order valence-electron chi connectivity index (χ2n) is 3.16. The fourth-order valence-electron chi connectivity index (χ4n) is 0.964. The quantitative estimate of drug-likeness (QED) is 0.801. The van der Waals surface area contributed by atoms with Crippen molar-refractivity contribution in [1.82, 2.24) is 4.98 Å². The van der Waals surface area contributed by atoms with Crippen LogP contribution in [0.5, 0.6) is 0 Å². The van der Waals surface area contributed by atoms with Crippen molar-refractivity contribution >= 4 is 17.6 Å². The summed E-state index contributed by atoms with van der Waals surface area (Å²) in [6.07, 6.45) is 1.85. The molecule has 0 spiro atoms. The molecule has 0 radical (unpaired) electrons. The highest BCUT2D eigenvalue weighted by atomic mass is 32.2. The molecule has 2 nitrogen and oxygen atoms in total. The van der Waals surface area contributed by atoms with Gasteiger partial charge in [0.25, 0.3) is 0 Å². The van der Waals surface area contributed by atoms with Gasteiger partial charge in [0.1, 0.15) is 5.82 Å². The van der Waals surface area contributed by atoms with E-state index in [9.17, 15) is 0 Å². The van der Waals surface area contributed by atoms with Crippen molar-refractivity contribution in [3.05, 3.63) is 23.9 Å². The molecule has 0 aliphatic rings. The second kappa shape index (κ2) is 5.12. The van der Waals surface area contributed by atoms with E-state index >= 15 is 0 Å². The smallest absolute Gasteiger partial charge is 0.125 e. The number of anilines is 1. The van der Waals surface area contributed by atoms with Crippen molar-refractivity contribution in [3.8, 4) is 0 Å². The molecule has 3 heteroatoms. The Hall–Kier alpha value is -0.700. The van der Waals surface area contributed by atoms with Gasteiger partial charge in [0.15, 0.2) is 0 Å². The zero-order chi connectivity index (χ0) is 9.68. The normalized spacial score (nSPS) is 10.5. The molecule has 1 rings (SSSR count). The number of pyridine rings is 1. The molecule has 0 saturated heterocycles.